The van der Waals surface area contributed by atoms with Crippen LogP contribution in [0, 0.1) is 0 Å². The summed E-state index contributed by atoms with van der Waals surface area (Å²) in [6, 6.07) is 18.1. The van der Waals surface area contributed by atoms with Gasteiger partial charge in [-0.3, -0.25) is 9.59 Å². The number of rotatable bonds is 6. The van der Waals surface area contributed by atoms with Crippen LogP contribution in [-0.2, 0) is 27.4 Å². The van der Waals surface area contributed by atoms with Crippen molar-refractivity contribution in [3.63, 3.8) is 0 Å². The molecule has 0 spiro atoms. The summed E-state index contributed by atoms with van der Waals surface area (Å²) in [5.74, 6) is -0.745. The Bertz CT molecular complexity index is 842. The molecule has 1 aliphatic heterocycles. The summed E-state index contributed by atoms with van der Waals surface area (Å²) >= 11 is 0. The molecule has 7 nitrogen and oxygen atoms in total. The second kappa shape index (κ2) is 9.73. The Morgan fingerprint density at radius 2 is 1.55 bits per heavy atom. The first-order valence-electron chi connectivity index (χ1n) is 9.63. The zero-order valence-corrected chi connectivity index (χ0v) is 16.2. The van der Waals surface area contributed by atoms with E-state index in [1.165, 1.54) is 9.80 Å². The molecule has 152 valence electrons. The molecule has 3 rings (SSSR count). The lowest BCUT2D eigenvalue weighted by atomic mass is 10.0. The minimum atomic E-state index is -0.745. The molecule has 1 saturated heterocycles. The van der Waals surface area contributed by atoms with Gasteiger partial charge in [0.05, 0.1) is 0 Å². The van der Waals surface area contributed by atoms with E-state index in [-0.39, 0.29) is 38.6 Å². The number of amides is 3. The van der Waals surface area contributed by atoms with E-state index < -0.39 is 18.0 Å². The van der Waals surface area contributed by atoms with Crippen molar-refractivity contribution in [2.24, 2.45) is 5.73 Å². The van der Waals surface area contributed by atoms with Gasteiger partial charge in [0.15, 0.2) is 0 Å². The van der Waals surface area contributed by atoms with Crippen LogP contribution < -0.4 is 5.73 Å². The number of ether oxygens (including phenoxy) is 1. The molecule has 1 atom stereocenters. The summed E-state index contributed by atoms with van der Waals surface area (Å²) in [5.41, 5.74) is 7.41. The molecule has 0 aliphatic carbocycles. The monoisotopic (exact) mass is 395 g/mol. The lowest BCUT2D eigenvalue weighted by molar-refractivity contribution is -0.138. The zero-order valence-electron chi connectivity index (χ0n) is 16.2. The number of nitrogens with two attached hydrogens (primary N) is 1. The summed E-state index contributed by atoms with van der Waals surface area (Å²) in [5, 5.41) is 0. The quantitative estimate of drug-likeness (QED) is 0.809. The third-order valence-corrected chi connectivity index (χ3v) is 4.97. The lowest BCUT2D eigenvalue weighted by Crippen LogP contribution is -2.50. The van der Waals surface area contributed by atoms with Crippen LogP contribution in [0.25, 0.3) is 0 Å². The average Bonchev–Trinajstić information content (AvgIpc) is 2.93. The van der Waals surface area contributed by atoms with Gasteiger partial charge in [-0.1, -0.05) is 60.7 Å². The van der Waals surface area contributed by atoms with Gasteiger partial charge in [0.25, 0.3) is 0 Å². The summed E-state index contributed by atoms with van der Waals surface area (Å²) < 4.78 is 5.36. The van der Waals surface area contributed by atoms with Crippen molar-refractivity contribution < 1.29 is 19.1 Å². The minimum absolute atomic E-state index is 0.124. The largest absolute Gasteiger partial charge is 0.445 e. The molecule has 0 unspecified atom stereocenters. The van der Waals surface area contributed by atoms with Crippen LogP contribution in [0.1, 0.15) is 17.5 Å². The van der Waals surface area contributed by atoms with Crippen molar-refractivity contribution in [3.8, 4) is 0 Å². The smallest absolute Gasteiger partial charge is 0.410 e. The standard InChI is InChI=1S/C22H25N3O4/c23-21(27)19(15-17-7-3-1-4-8-17)25-14-13-24(12-11-20(25)26)22(28)29-16-18-9-5-2-6-10-18/h1-10,19H,11-16H2,(H2,23,27)/t19-/m0/s1. The predicted molar refractivity (Wildman–Crippen MR) is 108 cm³/mol. The number of hydrogen-bond acceptors (Lipinski definition) is 4. The van der Waals surface area contributed by atoms with Gasteiger partial charge in [-0.25, -0.2) is 4.79 Å². The van der Waals surface area contributed by atoms with E-state index in [1.807, 2.05) is 60.7 Å². The van der Waals surface area contributed by atoms with Gasteiger partial charge in [-0.15, -0.1) is 0 Å². The van der Waals surface area contributed by atoms with Crippen LogP contribution in [0.15, 0.2) is 60.7 Å². The third kappa shape index (κ3) is 5.57. The van der Waals surface area contributed by atoms with Crippen molar-refractivity contribution in [2.75, 3.05) is 19.6 Å². The van der Waals surface area contributed by atoms with Gasteiger partial charge >= 0.3 is 6.09 Å². The van der Waals surface area contributed by atoms with E-state index in [9.17, 15) is 14.4 Å². The molecular weight excluding hydrogens is 370 g/mol. The van der Waals surface area contributed by atoms with Crippen molar-refractivity contribution in [1.82, 2.24) is 9.80 Å². The number of carbonyl (C=O) groups is 3. The Labute approximate surface area is 170 Å². The number of benzene rings is 2. The maximum absolute atomic E-state index is 12.6. The van der Waals surface area contributed by atoms with Crippen molar-refractivity contribution >= 4 is 17.9 Å². The van der Waals surface area contributed by atoms with Crippen LogP contribution in [0.2, 0.25) is 0 Å². The number of hydrogen-bond donors (Lipinski definition) is 1. The van der Waals surface area contributed by atoms with Gasteiger partial charge < -0.3 is 20.3 Å². The number of primary amides is 1. The van der Waals surface area contributed by atoms with E-state index in [4.69, 9.17) is 10.5 Å². The van der Waals surface area contributed by atoms with Crippen molar-refractivity contribution in [1.29, 1.82) is 0 Å². The van der Waals surface area contributed by atoms with Crippen LogP contribution in [-0.4, -0.2) is 53.4 Å². The highest BCUT2D eigenvalue weighted by Gasteiger charge is 2.32. The van der Waals surface area contributed by atoms with E-state index in [0.29, 0.717) is 6.42 Å². The Kier molecular flexibility index (Phi) is 6.84. The SMILES string of the molecule is NC(=O)[C@H](Cc1ccccc1)N1CCN(C(=O)OCc2ccccc2)CCC1=O. The summed E-state index contributed by atoms with van der Waals surface area (Å²) in [7, 11) is 0. The maximum Gasteiger partial charge on any atom is 0.410 e. The van der Waals surface area contributed by atoms with Crippen molar-refractivity contribution in [2.45, 2.75) is 25.5 Å². The number of nitrogens with zero attached hydrogens (tertiary/aromatic N) is 2. The molecule has 1 aliphatic rings. The van der Waals surface area contributed by atoms with Gasteiger partial charge in [-0.2, -0.15) is 0 Å². The Balaban J connectivity index is 1.61. The Hall–Kier alpha value is -3.35. The highest BCUT2D eigenvalue weighted by atomic mass is 16.6. The van der Waals surface area contributed by atoms with Gasteiger partial charge in [0.1, 0.15) is 12.6 Å². The predicted octanol–water partition coefficient (Wildman–Crippen LogP) is 1.95. The first-order valence-corrected chi connectivity index (χ1v) is 9.63. The van der Waals surface area contributed by atoms with Gasteiger partial charge in [-0.05, 0) is 11.1 Å². The van der Waals surface area contributed by atoms with Crippen molar-refractivity contribution in [3.05, 3.63) is 71.8 Å². The fraction of sp³-hybridized carbons (Fsp3) is 0.318. The van der Waals surface area contributed by atoms with E-state index >= 15 is 0 Å². The Morgan fingerprint density at radius 3 is 2.17 bits per heavy atom. The molecule has 2 N–H and O–H groups in total. The number of carbonyl (C=O) groups excluding carboxylic acids is 3. The lowest BCUT2D eigenvalue weighted by Gasteiger charge is -2.28. The first kappa shape index (κ1) is 20.4. The second-order valence-corrected chi connectivity index (χ2v) is 6.97. The molecule has 1 fully saturated rings. The molecular formula is C22H25N3O4. The van der Waals surface area contributed by atoms with Gasteiger partial charge in [0, 0.05) is 32.5 Å². The van der Waals surface area contributed by atoms with Crippen LogP contribution in [0.3, 0.4) is 0 Å². The van der Waals surface area contributed by atoms with Crippen LogP contribution >= 0.6 is 0 Å². The minimum Gasteiger partial charge on any atom is -0.445 e. The summed E-state index contributed by atoms with van der Waals surface area (Å²) in [6.45, 7) is 0.948. The van der Waals surface area contributed by atoms with E-state index in [2.05, 4.69) is 0 Å². The van der Waals surface area contributed by atoms with E-state index in [1.54, 1.807) is 0 Å². The molecule has 0 radical (unpaired) electrons. The molecule has 0 saturated carbocycles. The highest BCUT2D eigenvalue weighted by Crippen LogP contribution is 2.15. The maximum atomic E-state index is 12.6. The zero-order chi connectivity index (χ0) is 20.6. The average molecular weight is 395 g/mol. The topological polar surface area (TPSA) is 92.9 Å². The molecule has 2 aromatic rings. The second-order valence-electron chi connectivity index (χ2n) is 6.97. The molecule has 29 heavy (non-hydrogen) atoms. The third-order valence-electron chi connectivity index (χ3n) is 4.97. The molecule has 3 amide bonds. The molecule has 0 aromatic heterocycles. The van der Waals surface area contributed by atoms with Gasteiger partial charge in [0.2, 0.25) is 11.8 Å². The molecule has 0 bridgehead atoms. The molecule has 1 heterocycles. The van der Waals surface area contributed by atoms with Crippen LogP contribution in [0.4, 0.5) is 4.79 Å². The van der Waals surface area contributed by atoms with Crippen LogP contribution in [0.5, 0.6) is 0 Å². The molecule has 7 heteroatoms. The molecule has 2 aromatic carbocycles. The first-order chi connectivity index (χ1) is 14.0. The summed E-state index contributed by atoms with van der Waals surface area (Å²) in [4.78, 5) is 40.1. The normalized spacial score (nSPS) is 15.5. The Morgan fingerprint density at radius 1 is 0.931 bits per heavy atom. The fourth-order valence-corrected chi connectivity index (χ4v) is 3.36. The summed E-state index contributed by atoms with van der Waals surface area (Å²) in [6.07, 6.45) is 0.00140. The highest BCUT2D eigenvalue weighted by molar-refractivity contribution is 5.87. The van der Waals surface area contributed by atoms with E-state index in [0.717, 1.165) is 11.1 Å². The fourth-order valence-electron chi connectivity index (χ4n) is 3.36.